The van der Waals surface area contributed by atoms with Crippen molar-refractivity contribution in [1.29, 1.82) is 0 Å². The number of halogens is 4. The van der Waals surface area contributed by atoms with Crippen LogP contribution in [0.4, 0.5) is 28.9 Å². The highest BCUT2D eigenvalue weighted by Crippen LogP contribution is 2.41. The van der Waals surface area contributed by atoms with Crippen LogP contribution in [0.1, 0.15) is 35.3 Å². The first-order valence-electron chi connectivity index (χ1n) is 12.0. The number of benzene rings is 3. The van der Waals surface area contributed by atoms with Gasteiger partial charge in [-0.3, -0.25) is 15.4 Å². The molecule has 3 aromatic rings. The molecule has 0 radical (unpaired) electrons. The minimum Gasteiger partial charge on any atom is -0.388 e. The number of nitrogens with one attached hydrogen (secondary N) is 5. The zero-order valence-corrected chi connectivity index (χ0v) is 20.5. The monoisotopic (exact) mass is 549 g/mol. The normalized spacial score (nSPS) is 20.9. The second-order valence-corrected chi connectivity index (χ2v) is 11.1. The van der Waals surface area contributed by atoms with Gasteiger partial charge in [0, 0.05) is 24.2 Å². The van der Waals surface area contributed by atoms with E-state index in [-0.39, 0.29) is 41.9 Å². The average Bonchev–Trinajstić information content (AvgIpc) is 3.62. The Bertz CT molecular complexity index is 1560. The lowest BCUT2D eigenvalue weighted by Crippen LogP contribution is -2.42. The molecule has 6 rings (SSSR count). The summed E-state index contributed by atoms with van der Waals surface area (Å²) in [5.41, 5.74) is 4.84. The molecule has 1 saturated heterocycles. The molecule has 2 heterocycles. The fourth-order valence-corrected chi connectivity index (χ4v) is 6.74. The van der Waals surface area contributed by atoms with Crippen molar-refractivity contribution in [2.45, 2.75) is 36.0 Å². The van der Waals surface area contributed by atoms with Crippen LogP contribution in [-0.2, 0) is 16.4 Å². The predicted molar refractivity (Wildman–Crippen MR) is 132 cm³/mol. The standard InChI is InChI=1S/C25H23F4N5O3S/c26-11-9-15-12(3-6-18(15)35)19(10-11)38(36,37)34-17-5-4-16(27)20(22(17)29)13-1-2-14-23(21(13)28)32-33-24(14)25-30-7-8-31-25/h1-2,4-5,9-10,18,24-25,30-35H,3,6-8H2. The Kier molecular flexibility index (Phi) is 6.07. The van der Waals surface area contributed by atoms with Gasteiger partial charge in [0.1, 0.15) is 11.6 Å². The summed E-state index contributed by atoms with van der Waals surface area (Å²) in [6.07, 6.45) is -0.802. The summed E-state index contributed by atoms with van der Waals surface area (Å²) >= 11 is 0. The third-order valence-corrected chi connectivity index (χ3v) is 8.61. The molecule has 2 atom stereocenters. The summed E-state index contributed by atoms with van der Waals surface area (Å²) in [5.74, 6) is -4.22. The van der Waals surface area contributed by atoms with Gasteiger partial charge in [-0.05, 0) is 48.2 Å². The molecule has 2 unspecified atom stereocenters. The molecule has 0 bridgehead atoms. The molecular formula is C25H23F4N5O3S. The molecule has 1 aliphatic carbocycles. The van der Waals surface area contributed by atoms with E-state index < -0.39 is 61.1 Å². The van der Waals surface area contributed by atoms with Crippen LogP contribution in [0.25, 0.3) is 11.1 Å². The molecule has 0 spiro atoms. The van der Waals surface area contributed by atoms with Crippen LogP contribution in [0.5, 0.6) is 0 Å². The van der Waals surface area contributed by atoms with Crippen molar-refractivity contribution in [3.8, 4) is 11.1 Å². The second-order valence-electron chi connectivity index (χ2n) is 9.44. The molecule has 200 valence electrons. The first kappa shape index (κ1) is 25.1. The first-order chi connectivity index (χ1) is 18.2. The molecule has 3 aromatic carbocycles. The molecule has 0 amide bonds. The summed E-state index contributed by atoms with van der Waals surface area (Å²) in [5, 5.41) is 16.5. The van der Waals surface area contributed by atoms with E-state index in [1.807, 2.05) is 4.72 Å². The van der Waals surface area contributed by atoms with Gasteiger partial charge in [0.2, 0.25) is 0 Å². The fourth-order valence-electron chi connectivity index (χ4n) is 5.38. The summed E-state index contributed by atoms with van der Waals surface area (Å²) in [7, 11) is -4.55. The number of hydrazine groups is 1. The molecule has 1 fully saturated rings. The molecule has 2 aliphatic heterocycles. The Balaban J connectivity index is 1.38. The van der Waals surface area contributed by atoms with Crippen molar-refractivity contribution in [1.82, 2.24) is 16.1 Å². The van der Waals surface area contributed by atoms with Gasteiger partial charge in [-0.2, -0.15) is 0 Å². The Labute approximate surface area is 215 Å². The largest absolute Gasteiger partial charge is 0.388 e. The smallest absolute Gasteiger partial charge is 0.262 e. The Morgan fingerprint density at radius 2 is 1.71 bits per heavy atom. The molecule has 38 heavy (non-hydrogen) atoms. The van der Waals surface area contributed by atoms with Crippen LogP contribution in [-0.4, -0.2) is 32.8 Å². The van der Waals surface area contributed by atoms with Crippen LogP contribution >= 0.6 is 0 Å². The highest BCUT2D eigenvalue weighted by Gasteiger charge is 2.35. The molecule has 3 aliphatic rings. The van der Waals surface area contributed by atoms with Crippen molar-refractivity contribution >= 4 is 21.4 Å². The molecule has 0 saturated carbocycles. The van der Waals surface area contributed by atoms with Gasteiger partial charge in [-0.25, -0.2) is 31.4 Å². The van der Waals surface area contributed by atoms with E-state index in [1.165, 1.54) is 6.07 Å². The van der Waals surface area contributed by atoms with Crippen LogP contribution in [0.15, 0.2) is 41.3 Å². The van der Waals surface area contributed by atoms with Crippen LogP contribution < -0.4 is 26.2 Å². The number of rotatable bonds is 5. The number of hydrogen-bond donors (Lipinski definition) is 6. The lowest BCUT2D eigenvalue weighted by molar-refractivity contribution is 0.179. The van der Waals surface area contributed by atoms with Crippen molar-refractivity contribution in [2.75, 3.05) is 23.2 Å². The lowest BCUT2D eigenvalue weighted by Gasteiger charge is -2.19. The zero-order chi connectivity index (χ0) is 26.8. The van der Waals surface area contributed by atoms with E-state index in [0.29, 0.717) is 5.56 Å². The van der Waals surface area contributed by atoms with Crippen LogP contribution in [0, 0.1) is 23.3 Å². The van der Waals surface area contributed by atoms with Gasteiger partial charge in [0.15, 0.2) is 11.6 Å². The van der Waals surface area contributed by atoms with Gasteiger partial charge in [-0.1, -0.05) is 12.1 Å². The molecule has 8 nitrogen and oxygen atoms in total. The van der Waals surface area contributed by atoms with Crippen molar-refractivity contribution in [2.24, 2.45) is 0 Å². The summed E-state index contributed by atoms with van der Waals surface area (Å²) in [4.78, 5) is -0.450. The topological polar surface area (TPSA) is 115 Å². The maximum absolute atomic E-state index is 15.6. The van der Waals surface area contributed by atoms with Crippen LogP contribution in [0.2, 0.25) is 0 Å². The van der Waals surface area contributed by atoms with E-state index >= 15 is 8.78 Å². The van der Waals surface area contributed by atoms with E-state index in [2.05, 4.69) is 21.5 Å². The van der Waals surface area contributed by atoms with Crippen molar-refractivity contribution in [3.05, 3.63) is 76.4 Å². The first-order valence-corrected chi connectivity index (χ1v) is 13.5. The Morgan fingerprint density at radius 3 is 2.47 bits per heavy atom. The Hall–Kier alpha value is -3.23. The van der Waals surface area contributed by atoms with Gasteiger partial charge in [-0.15, -0.1) is 0 Å². The number of anilines is 2. The maximum atomic E-state index is 15.6. The van der Waals surface area contributed by atoms with Gasteiger partial charge in [0.25, 0.3) is 10.0 Å². The summed E-state index contributed by atoms with van der Waals surface area (Å²) in [6, 6.07) is 5.99. The van der Waals surface area contributed by atoms with E-state index in [0.717, 1.165) is 37.4 Å². The minimum absolute atomic E-state index is 0.0293. The number of aliphatic hydroxyl groups is 1. The van der Waals surface area contributed by atoms with Gasteiger partial charge < -0.3 is 10.5 Å². The summed E-state index contributed by atoms with van der Waals surface area (Å²) in [6.45, 7) is 1.47. The predicted octanol–water partition coefficient (Wildman–Crippen LogP) is 3.18. The third kappa shape index (κ3) is 4.01. The Morgan fingerprint density at radius 1 is 0.947 bits per heavy atom. The number of aliphatic hydroxyl groups excluding tert-OH is 1. The quantitative estimate of drug-likeness (QED) is 0.271. The zero-order valence-electron chi connectivity index (χ0n) is 19.7. The average molecular weight is 550 g/mol. The second kappa shape index (κ2) is 9.20. The number of fused-ring (bicyclic) bond motifs is 2. The number of hydrogen-bond acceptors (Lipinski definition) is 7. The number of sulfonamides is 1. The van der Waals surface area contributed by atoms with E-state index in [9.17, 15) is 22.3 Å². The third-order valence-electron chi connectivity index (χ3n) is 7.18. The SMILES string of the molecule is O=S(=O)(Nc1ccc(F)c(-c2ccc3c(c2F)NNC3C2NCCN2)c1F)c1cc(F)cc2c1CCC2O. The molecular weight excluding hydrogens is 526 g/mol. The molecule has 0 aromatic heterocycles. The fraction of sp³-hybridized carbons (Fsp3) is 0.280. The van der Waals surface area contributed by atoms with E-state index in [4.69, 9.17) is 0 Å². The lowest BCUT2D eigenvalue weighted by atomic mass is 9.97. The minimum atomic E-state index is -4.55. The molecule has 6 N–H and O–H groups in total. The van der Waals surface area contributed by atoms with Crippen molar-refractivity contribution in [3.63, 3.8) is 0 Å². The van der Waals surface area contributed by atoms with Crippen molar-refractivity contribution < 1.29 is 31.1 Å². The highest BCUT2D eigenvalue weighted by molar-refractivity contribution is 7.92. The van der Waals surface area contributed by atoms with E-state index in [1.54, 1.807) is 6.07 Å². The highest BCUT2D eigenvalue weighted by atomic mass is 32.2. The maximum Gasteiger partial charge on any atom is 0.262 e. The summed E-state index contributed by atoms with van der Waals surface area (Å²) < 4.78 is 88.6. The van der Waals surface area contributed by atoms with Crippen LogP contribution in [0.3, 0.4) is 0 Å². The van der Waals surface area contributed by atoms with Gasteiger partial charge >= 0.3 is 0 Å². The van der Waals surface area contributed by atoms with Gasteiger partial charge in [0.05, 0.1) is 40.1 Å². The molecule has 13 heteroatoms.